The maximum absolute atomic E-state index is 5.94. The van der Waals surface area contributed by atoms with Crippen LogP contribution in [0.15, 0.2) is 12.4 Å². The summed E-state index contributed by atoms with van der Waals surface area (Å²) in [5.74, 6) is 1.58. The van der Waals surface area contributed by atoms with Gasteiger partial charge in [-0.05, 0) is 12.8 Å². The number of ether oxygens (including phenoxy) is 1. The molecule has 1 aliphatic carbocycles. The molecule has 1 heterocycles. The van der Waals surface area contributed by atoms with Crippen LogP contribution in [0.2, 0.25) is 0 Å². The van der Waals surface area contributed by atoms with Crippen LogP contribution in [0.3, 0.4) is 0 Å². The van der Waals surface area contributed by atoms with E-state index in [0.29, 0.717) is 18.8 Å². The summed E-state index contributed by atoms with van der Waals surface area (Å²) in [5.41, 5.74) is 0. The van der Waals surface area contributed by atoms with E-state index < -0.39 is 0 Å². The second kappa shape index (κ2) is 5.48. The monoisotopic (exact) mass is 222 g/mol. The van der Waals surface area contributed by atoms with Gasteiger partial charge in [0.1, 0.15) is 12.6 Å². The van der Waals surface area contributed by atoms with Crippen LogP contribution >= 0.6 is 0 Å². The van der Waals surface area contributed by atoms with Gasteiger partial charge in [0.25, 0.3) is 0 Å². The van der Waals surface area contributed by atoms with Gasteiger partial charge in [-0.25, -0.2) is 4.98 Å². The molecule has 90 valence electrons. The first-order valence-corrected chi connectivity index (χ1v) is 6.40. The fraction of sp³-hybridized carbons (Fsp3) is 0.769. The van der Waals surface area contributed by atoms with Crippen LogP contribution in [-0.4, -0.2) is 15.7 Å². The maximum atomic E-state index is 5.94. The lowest BCUT2D eigenvalue weighted by Crippen LogP contribution is -2.19. The largest absolute Gasteiger partial charge is 0.358 e. The molecule has 0 bridgehead atoms. The fourth-order valence-electron chi connectivity index (χ4n) is 2.35. The van der Waals surface area contributed by atoms with E-state index in [0.717, 1.165) is 5.82 Å². The highest BCUT2D eigenvalue weighted by molar-refractivity contribution is 4.96. The molecular formula is C13H22N2O. The van der Waals surface area contributed by atoms with Crippen LogP contribution in [0.25, 0.3) is 0 Å². The van der Waals surface area contributed by atoms with Crippen LogP contribution in [0, 0.1) is 0 Å². The van der Waals surface area contributed by atoms with Gasteiger partial charge >= 0.3 is 0 Å². The van der Waals surface area contributed by atoms with Crippen molar-refractivity contribution >= 4 is 0 Å². The van der Waals surface area contributed by atoms with E-state index in [1.165, 1.54) is 32.1 Å². The van der Waals surface area contributed by atoms with Crippen molar-refractivity contribution in [2.75, 3.05) is 0 Å². The minimum Gasteiger partial charge on any atom is -0.358 e. The normalized spacial score (nSPS) is 18.2. The standard InChI is InChI=1S/C13H22N2O/c1-11(2)13-14-8-9-15(13)10-16-12-6-4-3-5-7-12/h8-9,11-12H,3-7,10H2,1-2H3. The first-order chi connectivity index (χ1) is 7.77. The van der Waals surface area contributed by atoms with E-state index in [-0.39, 0.29) is 0 Å². The number of nitrogens with zero attached hydrogens (tertiary/aromatic N) is 2. The van der Waals surface area contributed by atoms with Gasteiger partial charge < -0.3 is 9.30 Å². The average molecular weight is 222 g/mol. The number of imidazole rings is 1. The highest BCUT2D eigenvalue weighted by Crippen LogP contribution is 2.21. The van der Waals surface area contributed by atoms with Crippen molar-refractivity contribution in [3.8, 4) is 0 Å². The number of aromatic nitrogens is 2. The molecule has 1 saturated carbocycles. The Morgan fingerprint density at radius 1 is 1.38 bits per heavy atom. The first-order valence-electron chi connectivity index (χ1n) is 6.40. The van der Waals surface area contributed by atoms with Crippen molar-refractivity contribution in [3.63, 3.8) is 0 Å². The number of rotatable bonds is 4. The van der Waals surface area contributed by atoms with Gasteiger partial charge in [-0.2, -0.15) is 0 Å². The summed E-state index contributed by atoms with van der Waals surface area (Å²) in [6.07, 6.45) is 10.8. The molecule has 3 heteroatoms. The van der Waals surface area contributed by atoms with Gasteiger partial charge in [0.05, 0.1) is 6.10 Å². The van der Waals surface area contributed by atoms with Gasteiger partial charge in [-0.3, -0.25) is 0 Å². The molecule has 1 fully saturated rings. The molecule has 0 saturated heterocycles. The molecule has 0 atom stereocenters. The van der Waals surface area contributed by atoms with Crippen molar-refractivity contribution in [2.24, 2.45) is 0 Å². The minimum atomic E-state index is 0.463. The van der Waals surface area contributed by atoms with Crippen molar-refractivity contribution in [2.45, 2.75) is 64.7 Å². The fourth-order valence-corrected chi connectivity index (χ4v) is 2.35. The summed E-state index contributed by atoms with van der Waals surface area (Å²) in [5, 5.41) is 0. The molecule has 0 radical (unpaired) electrons. The van der Waals surface area contributed by atoms with E-state index in [1.54, 1.807) is 0 Å². The molecule has 1 aromatic rings. The van der Waals surface area contributed by atoms with E-state index in [1.807, 2.05) is 12.4 Å². The van der Waals surface area contributed by atoms with Gasteiger partial charge in [0.2, 0.25) is 0 Å². The number of hydrogen-bond acceptors (Lipinski definition) is 2. The van der Waals surface area contributed by atoms with Gasteiger partial charge in [0, 0.05) is 18.3 Å². The molecule has 1 aromatic heterocycles. The van der Waals surface area contributed by atoms with E-state index in [4.69, 9.17) is 4.74 Å². The summed E-state index contributed by atoms with van der Waals surface area (Å²) >= 11 is 0. The second-order valence-electron chi connectivity index (χ2n) is 4.97. The molecule has 0 unspecified atom stereocenters. The summed E-state index contributed by atoms with van der Waals surface area (Å²) in [6.45, 7) is 5.00. The lowest BCUT2D eigenvalue weighted by Gasteiger charge is -2.22. The predicted molar refractivity (Wildman–Crippen MR) is 64.3 cm³/mol. The summed E-state index contributed by atoms with van der Waals surface area (Å²) in [4.78, 5) is 4.36. The third-order valence-corrected chi connectivity index (χ3v) is 3.27. The zero-order valence-electron chi connectivity index (χ0n) is 10.4. The van der Waals surface area contributed by atoms with Gasteiger partial charge in [0.15, 0.2) is 0 Å². The van der Waals surface area contributed by atoms with Crippen molar-refractivity contribution in [3.05, 3.63) is 18.2 Å². The van der Waals surface area contributed by atoms with Crippen LogP contribution in [0.5, 0.6) is 0 Å². The van der Waals surface area contributed by atoms with Gasteiger partial charge in [-0.1, -0.05) is 33.1 Å². The third kappa shape index (κ3) is 2.85. The van der Waals surface area contributed by atoms with Crippen LogP contribution in [-0.2, 0) is 11.5 Å². The Morgan fingerprint density at radius 3 is 2.81 bits per heavy atom. The van der Waals surface area contributed by atoms with Crippen molar-refractivity contribution < 1.29 is 4.74 Å². The molecule has 0 aliphatic heterocycles. The molecular weight excluding hydrogens is 200 g/mol. The quantitative estimate of drug-likeness (QED) is 0.781. The van der Waals surface area contributed by atoms with E-state index in [2.05, 4.69) is 23.4 Å². The molecule has 16 heavy (non-hydrogen) atoms. The maximum Gasteiger partial charge on any atom is 0.124 e. The smallest absolute Gasteiger partial charge is 0.124 e. The topological polar surface area (TPSA) is 27.1 Å². The highest BCUT2D eigenvalue weighted by Gasteiger charge is 2.14. The van der Waals surface area contributed by atoms with Crippen LogP contribution in [0.1, 0.15) is 57.7 Å². The lowest BCUT2D eigenvalue weighted by molar-refractivity contribution is -0.0140. The van der Waals surface area contributed by atoms with E-state index in [9.17, 15) is 0 Å². The Kier molecular flexibility index (Phi) is 3.99. The molecule has 0 spiro atoms. The molecule has 0 amide bonds. The SMILES string of the molecule is CC(C)c1nccn1COC1CCCCC1. The van der Waals surface area contributed by atoms with Crippen molar-refractivity contribution in [1.29, 1.82) is 0 Å². The Morgan fingerprint density at radius 2 is 2.12 bits per heavy atom. The minimum absolute atomic E-state index is 0.463. The molecule has 3 nitrogen and oxygen atoms in total. The van der Waals surface area contributed by atoms with Crippen LogP contribution in [0.4, 0.5) is 0 Å². The van der Waals surface area contributed by atoms with Gasteiger partial charge in [-0.15, -0.1) is 0 Å². The van der Waals surface area contributed by atoms with Crippen LogP contribution < -0.4 is 0 Å². The second-order valence-corrected chi connectivity index (χ2v) is 4.97. The zero-order chi connectivity index (χ0) is 11.4. The molecule has 0 N–H and O–H groups in total. The van der Waals surface area contributed by atoms with Crippen molar-refractivity contribution in [1.82, 2.24) is 9.55 Å². The molecule has 1 aliphatic rings. The third-order valence-electron chi connectivity index (χ3n) is 3.27. The lowest BCUT2D eigenvalue weighted by atomic mass is 9.98. The summed E-state index contributed by atoms with van der Waals surface area (Å²) in [6, 6.07) is 0. The first kappa shape index (κ1) is 11.6. The Hall–Kier alpha value is -0.830. The summed E-state index contributed by atoms with van der Waals surface area (Å²) < 4.78 is 8.07. The Bertz CT molecular complexity index is 313. The number of hydrogen-bond donors (Lipinski definition) is 0. The van der Waals surface area contributed by atoms with E-state index >= 15 is 0 Å². The average Bonchev–Trinajstić information content (AvgIpc) is 2.76. The zero-order valence-corrected chi connectivity index (χ0v) is 10.4. The molecule has 0 aromatic carbocycles. The summed E-state index contributed by atoms with van der Waals surface area (Å²) in [7, 11) is 0. The Balaban J connectivity index is 1.86. The predicted octanol–water partition coefficient (Wildman–Crippen LogP) is 3.31. The highest BCUT2D eigenvalue weighted by atomic mass is 16.5. The Labute approximate surface area is 97.8 Å². The molecule has 2 rings (SSSR count).